The van der Waals surface area contributed by atoms with Gasteiger partial charge in [0.15, 0.2) is 0 Å². The van der Waals surface area contributed by atoms with Crippen LogP contribution in [0.15, 0.2) is 201 Å². The van der Waals surface area contributed by atoms with Gasteiger partial charge >= 0.3 is 20.1 Å². The summed E-state index contributed by atoms with van der Waals surface area (Å²) in [4.78, 5) is 14.3. The van der Waals surface area contributed by atoms with Crippen molar-refractivity contribution in [2.45, 2.75) is 104 Å². The molecule has 3 heterocycles. The minimum absolute atomic E-state index is 0. The predicted octanol–water partition coefficient (Wildman–Crippen LogP) is 18.4. The number of pyridine rings is 3. The fourth-order valence-electron chi connectivity index (χ4n) is 10.0. The molecule has 3 aromatic heterocycles. The summed E-state index contributed by atoms with van der Waals surface area (Å²) in [5.41, 5.74) is 24.2. The van der Waals surface area contributed by atoms with Crippen molar-refractivity contribution in [1.29, 1.82) is 0 Å². The summed E-state index contributed by atoms with van der Waals surface area (Å²) in [6, 6.07) is 77.2. The van der Waals surface area contributed by atoms with Crippen molar-refractivity contribution in [3.8, 4) is 78.3 Å². The SMILES string of the molecule is CC(C)(C)c1ccnc(-c2[c-]cc(CCc3cc(CCc4c[c-]c(-c5cc(C(C)(C)C)ccn5)cc4)cc(-c4ccccc4-c4c[c-]c(-c5cc(C(C)(C)C)ccn5)cc4-c4ccc(-c5ccccc5)cc4)c3)cc2)c1.[Ir+3]. The third kappa shape index (κ3) is 13.1. The first-order chi connectivity index (χ1) is 36.5. The molecule has 0 bridgehead atoms. The number of rotatable bonds is 13. The maximum absolute atomic E-state index is 4.89. The van der Waals surface area contributed by atoms with E-state index in [0.29, 0.717) is 0 Å². The Kier molecular flexibility index (Phi) is 16.3. The van der Waals surface area contributed by atoms with Gasteiger partial charge in [0.25, 0.3) is 0 Å². The average Bonchev–Trinajstić information content (AvgIpc) is 3.46. The van der Waals surface area contributed by atoms with Crippen LogP contribution in [0.2, 0.25) is 0 Å². The second-order valence-corrected chi connectivity index (χ2v) is 23.5. The largest absolute Gasteiger partial charge is 3.00 e. The monoisotopic (exact) mass is 1180 g/mol. The first-order valence-corrected chi connectivity index (χ1v) is 26.9. The Bertz CT molecular complexity index is 3490. The molecule has 0 spiro atoms. The van der Waals surface area contributed by atoms with Crippen molar-refractivity contribution in [3.63, 3.8) is 0 Å². The van der Waals surface area contributed by atoms with Crippen LogP contribution in [0.25, 0.3) is 78.3 Å². The van der Waals surface area contributed by atoms with Gasteiger partial charge in [-0.15, -0.1) is 94.5 Å². The van der Waals surface area contributed by atoms with Gasteiger partial charge in [0, 0.05) is 18.6 Å². The zero-order valence-electron chi connectivity index (χ0n) is 46.1. The van der Waals surface area contributed by atoms with E-state index in [9.17, 15) is 0 Å². The molecule has 0 aliphatic heterocycles. The molecule has 0 unspecified atom stereocenters. The zero-order valence-corrected chi connectivity index (χ0v) is 48.5. The first kappa shape index (κ1) is 54.4. The van der Waals surface area contributed by atoms with E-state index in [1.807, 2.05) is 18.6 Å². The van der Waals surface area contributed by atoms with E-state index < -0.39 is 0 Å². The molecular weight excluding hydrogens is 1110 g/mol. The van der Waals surface area contributed by atoms with Gasteiger partial charge in [-0.3, -0.25) is 0 Å². The summed E-state index contributed by atoms with van der Waals surface area (Å²) in [6.07, 6.45) is 9.32. The molecule has 3 nitrogen and oxygen atoms in total. The molecule has 77 heavy (non-hydrogen) atoms. The second-order valence-electron chi connectivity index (χ2n) is 23.5. The molecule has 0 radical (unpaired) electrons. The molecule has 0 aliphatic rings. The summed E-state index contributed by atoms with van der Waals surface area (Å²) >= 11 is 0. The molecule has 0 saturated carbocycles. The Morgan fingerprint density at radius 2 is 0.727 bits per heavy atom. The van der Waals surface area contributed by atoms with E-state index in [4.69, 9.17) is 15.0 Å². The minimum atomic E-state index is -0.0140. The molecule has 384 valence electrons. The smallest absolute Gasteiger partial charge is 0.305 e. The summed E-state index contributed by atoms with van der Waals surface area (Å²) in [5, 5.41) is 0. The summed E-state index contributed by atoms with van der Waals surface area (Å²) in [6.45, 7) is 20.2. The average molecular weight is 1180 g/mol. The van der Waals surface area contributed by atoms with Crippen molar-refractivity contribution in [3.05, 3.63) is 258 Å². The van der Waals surface area contributed by atoms with E-state index in [0.717, 1.165) is 81.7 Å². The standard InChI is InChI=1S/C73H68N3.Ir/c1-71(2,3)61-37-40-74-68(47-61)57-27-23-50(24-28-57)19-21-52-43-53(22-20-51-25-29-58(30-26-51)69-48-62(38-41-75-69)72(4,5)6)45-60(44-52)64-17-13-14-18-65(64)66-36-35-59(70-49-63(39-42-76-70)73(7,8)9)46-67(66)56-33-31-55(32-34-56)54-15-11-10-12-16-54;/h10-18,23-27,29,31-34,36-49H,19-22H2,1-9H3;/q-3;+3. The molecule has 0 amide bonds. The van der Waals surface area contributed by atoms with E-state index in [2.05, 4.69) is 263 Å². The Morgan fingerprint density at radius 1 is 0.312 bits per heavy atom. The molecule has 4 heteroatoms. The van der Waals surface area contributed by atoms with Gasteiger partial charge < -0.3 is 15.0 Å². The van der Waals surface area contributed by atoms with Gasteiger partial charge in [-0.2, -0.15) is 0 Å². The van der Waals surface area contributed by atoms with Crippen LogP contribution in [0.4, 0.5) is 0 Å². The van der Waals surface area contributed by atoms with Crippen LogP contribution in [0.1, 0.15) is 101 Å². The molecule has 0 saturated heterocycles. The molecular formula is C73H68IrN3. The zero-order chi connectivity index (χ0) is 53.0. The topological polar surface area (TPSA) is 38.7 Å². The van der Waals surface area contributed by atoms with Crippen molar-refractivity contribution in [2.75, 3.05) is 0 Å². The molecule has 0 atom stereocenters. The fourth-order valence-corrected chi connectivity index (χ4v) is 10.0. The number of nitrogens with zero attached hydrogens (tertiary/aromatic N) is 3. The molecule has 0 fully saturated rings. The Balaban J connectivity index is 0.00000722. The van der Waals surface area contributed by atoms with Crippen LogP contribution in [-0.4, -0.2) is 15.0 Å². The fraction of sp³-hybridized carbons (Fsp3) is 0.219. The van der Waals surface area contributed by atoms with Gasteiger partial charge in [-0.25, -0.2) is 0 Å². The minimum Gasteiger partial charge on any atom is -0.305 e. The van der Waals surface area contributed by atoms with Crippen LogP contribution in [0.5, 0.6) is 0 Å². The molecule has 10 aromatic rings. The van der Waals surface area contributed by atoms with Gasteiger partial charge in [-0.05, 0) is 120 Å². The van der Waals surface area contributed by atoms with Crippen LogP contribution in [0.3, 0.4) is 0 Å². The van der Waals surface area contributed by atoms with E-state index in [1.165, 1.54) is 61.2 Å². The van der Waals surface area contributed by atoms with Gasteiger partial charge in [0.1, 0.15) is 0 Å². The van der Waals surface area contributed by atoms with Crippen LogP contribution in [0, 0.1) is 18.2 Å². The Morgan fingerprint density at radius 3 is 1.19 bits per heavy atom. The van der Waals surface area contributed by atoms with E-state index in [1.54, 1.807) is 0 Å². The number of benzene rings is 7. The normalized spacial score (nSPS) is 11.8. The Labute approximate surface area is 472 Å². The van der Waals surface area contributed by atoms with Crippen LogP contribution >= 0.6 is 0 Å². The van der Waals surface area contributed by atoms with Gasteiger partial charge in [0.05, 0.1) is 0 Å². The maximum Gasteiger partial charge on any atom is 3.00 e. The summed E-state index contributed by atoms with van der Waals surface area (Å²) < 4.78 is 0. The Hall–Kier alpha value is -7.36. The molecule has 10 rings (SSSR count). The third-order valence-corrected chi connectivity index (χ3v) is 14.7. The number of hydrogen-bond donors (Lipinski definition) is 0. The summed E-state index contributed by atoms with van der Waals surface area (Å²) in [7, 11) is 0. The number of aryl methyl sites for hydroxylation is 4. The van der Waals surface area contributed by atoms with Crippen molar-refractivity contribution < 1.29 is 20.1 Å². The van der Waals surface area contributed by atoms with Crippen molar-refractivity contribution in [1.82, 2.24) is 15.0 Å². The molecule has 7 aromatic carbocycles. The van der Waals surface area contributed by atoms with E-state index >= 15 is 0 Å². The molecule has 0 N–H and O–H groups in total. The first-order valence-electron chi connectivity index (χ1n) is 26.9. The van der Waals surface area contributed by atoms with Crippen LogP contribution < -0.4 is 0 Å². The molecule has 0 aliphatic carbocycles. The van der Waals surface area contributed by atoms with E-state index in [-0.39, 0.29) is 36.4 Å². The van der Waals surface area contributed by atoms with Crippen LogP contribution in [-0.2, 0) is 62.0 Å². The maximum atomic E-state index is 4.89. The predicted molar refractivity (Wildman–Crippen MR) is 318 cm³/mol. The quantitative estimate of drug-likeness (QED) is 0.108. The second kappa shape index (κ2) is 23.1. The number of hydrogen-bond acceptors (Lipinski definition) is 3. The number of aromatic nitrogens is 3. The third-order valence-electron chi connectivity index (χ3n) is 14.7. The van der Waals surface area contributed by atoms with Gasteiger partial charge in [-0.1, -0.05) is 207 Å². The summed E-state index contributed by atoms with van der Waals surface area (Å²) in [5.74, 6) is 0. The van der Waals surface area contributed by atoms with Crippen molar-refractivity contribution >= 4 is 0 Å². The van der Waals surface area contributed by atoms with Gasteiger partial charge in [0.2, 0.25) is 0 Å². The van der Waals surface area contributed by atoms with Crippen molar-refractivity contribution in [2.24, 2.45) is 0 Å².